The molecule has 5 rings (SSSR count). The van der Waals surface area contributed by atoms with E-state index >= 15 is 0 Å². The fourth-order valence-corrected chi connectivity index (χ4v) is 7.02. The van der Waals surface area contributed by atoms with Gasteiger partial charge in [0.1, 0.15) is 5.69 Å². The minimum absolute atomic E-state index is 0.128. The number of hydrogen-bond donors (Lipinski definition) is 1. The van der Waals surface area contributed by atoms with Gasteiger partial charge in [-0.1, -0.05) is 36.9 Å². The van der Waals surface area contributed by atoms with Crippen molar-refractivity contribution in [3.63, 3.8) is 0 Å². The van der Waals surface area contributed by atoms with Gasteiger partial charge in [0.25, 0.3) is 5.56 Å². The van der Waals surface area contributed by atoms with E-state index in [9.17, 15) is 9.59 Å². The highest BCUT2D eigenvalue weighted by Crippen LogP contribution is 2.39. The Bertz CT molecular complexity index is 1500. The summed E-state index contributed by atoms with van der Waals surface area (Å²) in [5.74, 6) is 1.47. The predicted molar refractivity (Wildman–Crippen MR) is 150 cm³/mol. The third kappa shape index (κ3) is 4.80. The lowest BCUT2D eigenvalue weighted by Crippen LogP contribution is -2.23. The number of nitrogens with one attached hydrogen (secondary N) is 1. The van der Waals surface area contributed by atoms with Crippen LogP contribution in [0.1, 0.15) is 49.4 Å². The molecule has 3 aromatic heterocycles. The van der Waals surface area contributed by atoms with Gasteiger partial charge in [-0.25, -0.2) is 4.68 Å². The van der Waals surface area contributed by atoms with E-state index in [4.69, 9.17) is 0 Å². The second-order valence-corrected chi connectivity index (χ2v) is 11.8. The molecule has 1 aliphatic rings. The van der Waals surface area contributed by atoms with E-state index in [1.165, 1.54) is 34.2 Å². The molecule has 3 heterocycles. The van der Waals surface area contributed by atoms with E-state index in [-0.39, 0.29) is 23.3 Å². The molecule has 1 atom stereocenters. The van der Waals surface area contributed by atoms with E-state index in [0.29, 0.717) is 16.5 Å². The van der Waals surface area contributed by atoms with Crippen LogP contribution in [0.3, 0.4) is 0 Å². The van der Waals surface area contributed by atoms with E-state index in [1.54, 1.807) is 9.36 Å². The average Bonchev–Trinajstić information content (AvgIpc) is 3.54. The molecule has 1 aliphatic carbocycles. The number of para-hydroxylation sites is 1. The summed E-state index contributed by atoms with van der Waals surface area (Å²) in [6.07, 6.45) is 3.39. The van der Waals surface area contributed by atoms with E-state index in [1.807, 2.05) is 55.6 Å². The number of benzene rings is 1. The van der Waals surface area contributed by atoms with E-state index in [2.05, 4.69) is 46.2 Å². The summed E-state index contributed by atoms with van der Waals surface area (Å²) in [5, 5.41) is 14.8. The first-order chi connectivity index (χ1) is 17.8. The average molecular weight is 537 g/mol. The normalized spacial score (nSPS) is 15.2. The number of aromatic nitrogens is 5. The van der Waals surface area contributed by atoms with Gasteiger partial charge in [0.15, 0.2) is 11.0 Å². The van der Waals surface area contributed by atoms with Gasteiger partial charge in [-0.05, 0) is 63.6 Å². The predicted octanol–water partition coefficient (Wildman–Crippen LogP) is 5.24. The molecule has 1 aromatic carbocycles. The largest absolute Gasteiger partial charge is 0.319 e. The molecule has 1 unspecified atom stereocenters. The minimum atomic E-state index is -0.256. The summed E-state index contributed by atoms with van der Waals surface area (Å²) in [5.41, 5.74) is 4.05. The number of anilines is 1. The summed E-state index contributed by atoms with van der Waals surface area (Å²) in [7, 11) is 1.81. The smallest absolute Gasteiger partial charge is 0.295 e. The van der Waals surface area contributed by atoms with Crippen LogP contribution >= 0.6 is 23.1 Å². The highest BCUT2D eigenvalue weighted by molar-refractivity contribution is 7.99. The van der Waals surface area contributed by atoms with E-state index in [0.717, 1.165) is 30.3 Å². The molecule has 0 aliphatic heterocycles. The van der Waals surface area contributed by atoms with Crippen LogP contribution in [0.15, 0.2) is 45.7 Å². The Morgan fingerprint density at radius 3 is 2.73 bits per heavy atom. The Hall–Kier alpha value is -3.11. The quantitative estimate of drug-likeness (QED) is 0.327. The fraction of sp³-hybridized carbons (Fsp3) is 0.407. The van der Waals surface area contributed by atoms with Gasteiger partial charge in [0.2, 0.25) is 5.91 Å². The Morgan fingerprint density at radius 1 is 1.24 bits per heavy atom. The van der Waals surface area contributed by atoms with Gasteiger partial charge in [0.05, 0.1) is 17.1 Å². The fourth-order valence-electron chi connectivity index (χ4n) is 4.91. The Morgan fingerprint density at radius 2 is 2.00 bits per heavy atom. The van der Waals surface area contributed by atoms with Crippen LogP contribution in [0.5, 0.6) is 0 Å². The summed E-state index contributed by atoms with van der Waals surface area (Å²) in [6.45, 7) is 8.36. The van der Waals surface area contributed by atoms with Crippen molar-refractivity contribution in [2.45, 2.75) is 58.2 Å². The van der Waals surface area contributed by atoms with E-state index < -0.39 is 0 Å². The van der Waals surface area contributed by atoms with Gasteiger partial charge >= 0.3 is 0 Å². The summed E-state index contributed by atoms with van der Waals surface area (Å²) >= 11 is 3.16. The zero-order valence-corrected chi connectivity index (χ0v) is 23.4. The SMILES string of the molecule is Cc1c(NC(=O)CSc2nnc(-c3csc4c3CCC(C)C4)n2C(C)C)c(=O)n(-c2ccccc2)n1C. The number of carbonyl (C=O) groups excluding carboxylic acids is 1. The van der Waals surface area contributed by atoms with Gasteiger partial charge in [0, 0.05) is 28.9 Å². The van der Waals surface area contributed by atoms with Crippen molar-refractivity contribution in [2.75, 3.05) is 11.1 Å². The van der Waals surface area contributed by atoms with Gasteiger partial charge in [-0.2, -0.15) is 0 Å². The maximum Gasteiger partial charge on any atom is 0.295 e. The first-order valence-electron chi connectivity index (χ1n) is 12.6. The zero-order chi connectivity index (χ0) is 26.3. The lowest BCUT2D eigenvalue weighted by Gasteiger charge is -2.19. The van der Waals surface area contributed by atoms with Crippen LogP contribution in [0.2, 0.25) is 0 Å². The van der Waals surface area contributed by atoms with Crippen molar-refractivity contribution in [2.24, 2.45) is 13.0 Å². The third-order valence-corrected chi connectivity index (χ3v) is 8.97. The first-order valence-corrected chi connectivity index (χ1v) is 14.4. The molecule has 0 bridgehead atoms. The monoisotopic (exact) mass is 536 g/mol. The maximum absolute atomic E-state index is 13.1. The second kappa shape index (κ2) is 10.3. The Kier molecular flexibility index (Phi) is 7.13. The molecule has 0 radical (unpaired) electrons. The molecule has 1 N–H and O–H groups in total. The lowest BCUT2D eigenvalue weighted by molar-refractivity contribution is -0.113. The molecule has 0 spiro atoms. The summed E-state index contributed by atoms with van der Waals surface area (Å²) < 4.78 is 5.43. The number of thioether (sulfide) groups is 1. The van der Waals surface area contributed by atoms with Crippen LogP contribution < -0.4 is 10.9 Å². The van der Waals surface area contributed by atoms with Crippen LogP contribution in [0.25, 0.3) is 17.1 Å². The molecule has 0 fully saturated rings. The van der Waals surface area contributed by atoms with Crippen LogP contribution in [-0.2, 0) is 24.7 Å². The van der Waals surface area contributed by atoms with Crippen LogP contribution in [0.4, 0.5) is 5.69 Å². The van der Waals surface area contributed by atoms with Crippen molar-refractivity contribution in [1.29, 1.82) is 0 Å². The van der Waals surface area contributed by atoms with Crippen LogP contribution in [-0.4, -0.2) is 35.8 Å². The van der Waals surface area contributed by atoms with Gasteiger partial charge in [-0.15, -0.1) is 21.5 Å². The first kappa shape index (κ1) is 25.5. The van der Waals surface area contributed by atoms with Crippen molar-refractivity contribution in [1.82, 2.24) is 24.1 Å². The van der Waals surface area contributed by atoms with Gasteiger partial charge < -0.3 is 5.32 Å². The standard InChI is InChI=1S/C27H32N6O2S2/c1-16(2)32-25(21-14-36-22-13-17(3)11-12-20(21)22)29-30-27(32)37-15-23(34)28-24-18(4)31(5)33(26(24)35)19-9-7-6-8-10-19/h6-10,14,16-17H,11-13,15H2,1-5H3,(H,28,34). The Balaban J connectivity index is 1.35. The van der Waals surface area contributed by atoms with Crippen molar-refractivity contribution >= 4 is 34.7 Å². The molecule has 1 amide bonds. The minimum Gasteiger partial charge on any atom is -0.319 e. The molecule has 194 valence electrons. The molecular formula is C27H32N6O2S2. The number of carbonyl (C=O) groups is 1. The molecule has 0 saturated carbocycles. The molecule has 8 nitrogen and oxygen atoms in total. The maximum atomic E-state index is 13.1. The van der Waals surface area contributed by atoms with Crippen LogP contribution in [0, 0.1) is 12.8 Å². The number of hydrogen-bond acceptors (Lipinski definition) is 6. The van der Waals surface area contributed by atoms with Crippen molar-refractivity contribution in [3.8, 4) is 17.1 Å². The van der Waals surface area contributed by atoms with Gasteiger partial charge in [-0.3, -0.25) is 18.8 Å². The second-order valence-electron chi connectivity index (χ2n) is 9.94. The Labute approximate surface area is 224 Å². The summed E-state index contributed by atoms with van der Waals surface area (Å²) in [6, 6.07) is 9.53. The third-order valence-electron chi connectivity index (χ3n) is 6.97. The topological polar surface area (TPSA) is 86.7 Å². The molecule has 4 aromatic rings. The summed E-state index contributed by atoms with van der Waals surface area (Å²) in [4.78, 5) is 27.5. The lowest BCUT2D eigenvalue weighted by atomic mass is 9.88. The number of thiophene rings is 1. The highest BCUT2D eigenvalue weighted by Gasteiger charge is 2.26. The number of rotatable bonds is 7. The molecule has 10 heteroatoms. The van der Waals surface area contributed by atoms with Crippen molar-refractivity contribution < 1.29 is 4.79 Å². The molecule has 37 heavy (non-hydrogen) atoms. The molecule has 0 saturated heterocycles. The van der Waals surface area contributed by atoms with Crippen molar-refractivity contribution in [3.05, 3.63) is 62.2 Å². The zero-order valence-electron chi connectivity index (χ0n) is 21.8. The number of fused-ring (bicyclic) bond motifs is 1. The number of amides is 1. The number of nitrogens with zero attached hydrogens (tertiary/aromatic N) is 5. The molecular weight excluding hydrogens is 504 g/mol. The highest BCUT2D eigenvalue weighted by atomic mass is 32.2.